The van der Waals surface area contributed by atoms with E-state index >= 15 is 0 Å². The highest BCUT2D eigenvalue weighted by Gasteiger charge is 2.19. The molecule has 94 valence electrons. The van der Waals surface area contributed by atoms with Gasteiger partial charge in [-0.1, -0.05) is 30.1 Å². The van der Waals surface area contributed by atoms with Gasteiger partial charge in [-0.2, -0.15) is 0 Å². The van der Waals surface area contributed by atoms with E-state index in [1.54, 1.807) is 17.0 Å². The lowest BCUT2D eigenvalue weighted by Gasteiger charge is -2.06. The van der Waals surface area contributed by atoms with Crippen molar-refractivity contribution >= 4 is 29.0 Å². The zero-order chi connectivity index (χ0) is 13.1. The highest BCUT2D eigenvalue weighted by Crippen LogP contribution is 2.20. The predicted molar refractivity (Wildman–Crippen MR) is 70.2 cm³/mol. The lowest BCUT2D eigenvalue weighted by atomic mass is 10.2. The number of hydrogen-bond acceptors (Lipinski definition) is 3. The Balaban J connectivity index is 2.38. The Morgan fingerprint density at radius 1 is 1.39 bits per heavy atom. The largest absolute Gasteiger partial charge is 0.328 e. The number of ketones is 1. The maximum Gasteiger partial charge on any atom is 0.248 e. The number of imidazole rings is 1. The molecular weight excluding hydrogens is 273 g/mol. The van der Waals surface area contributed by atoms with Crippen LogP contribution in [0.4, 0.5) is 0 Å². The summed E-state index contributed by atoms with van der Waals surface area (Å²) in [6, 6.07) is 1.50. The molecule has 2 aromatic heterocycles. The van der Waals surface area contributed by atoms with Crippen LogP contribution in [0.5, 0.6) is 0 Å². The van der Waals surface area contributed by atoms with Crippen LogP contribution in [0.2, 0.25) is 10.0 Å². The molecule has 0 atom stereocenters. The molecule has 0 saturated carbocycles. The van der Waals surface area contributed by atoms with E-state index in [2.05, 4.69) is 9.97 Å². The van der Waals surface area contributed by atoms with Crippen molar-refractivity contribution in [2.75, 3.05) is 0 Å². The van der Waals surface area contributed by atoms with Gasteiger partial charge in [-0.25, -0.2) is 9.97 Å². The molecule has 2 rings (SSSR count). The number of carbonyl (C=O) groups excluding carboxylic acids is 1. The lowest BCUT2D eigenvalue weighted by molar-refractivity contribution is 0.102. The summed E-state index contributed by atoms with van der Waals surface area (Å²) in [4.78, 5) is 20.3. The number of rotatable bonds is 4. The van der Waals surface area contributed by atoms with Crippen molar-refractivity contribution in [2.45, 2.75) is 19.9 Å². The number of hydrogen-bond donors (Lipinski definition) is 0. The Morgan fingerprint density at radius 3 is 2.83 bits per heavy atom. The number of aromatic nitrogens is 3. The third kappa shape index (κ3) is 2.54. The molecule has 6 heteroatoms. The molecule has 0 aliphatic rings. The van der Waals surface area contributed by atoms with Crippen LogP contribution in [0.3, 0.4) is 0 Å². The van der Waals surface area contributed by atoms with E-state index in [0.717, 1.165) is 13.0 Å². The molecule has 18 heavy (non-hydrogen) atoms. The van der Waals surface area contributed by atoms with Crippen molar-refractivity contribution in [1.29, 1.82) is 0 Å². The Bertz CT molecular complexity index is 580. The van der Waals surface area contributed by atoms with Gasteiger partial charge in [-0.3, -0.25) is 4.79 Å². The fraction of sp³-hybridized carbons (Fsp3) is 0.250. The van der Waals surface area contributed by atoms with Crippen molar-refractivity contribution in [3.63, 3.8) is 0 Å². The molecule has 0 saturated heterocycles. The fourth-order valence-electron chi connectivity index (χ4n) is 1.63. The average Bonchev–Trinajstić information content (AvgIpc) is 2.77. The SMILES string of the molecule is CCCn1ccnc1C(=O)c1ncc(Cl)cc1Cl. The van der Waals surface area contributed by atoms with Crippen LogP contribution in [0, 0.1) is 0 Å². The van der Waals surface area contributed by atoms with Crippen molar-refractivity contribution in [3.05, 3.63) is 46.2 Å². The van der Waals surface area contributed by atoms with E-state index in [1.165, 1.54) is 12.3 Å². The first-order chi connectivity index (χ1) is 8.63. The van der Waals surface area contributed by atoms with E-state index < -0.39 is 0 Å². The van der Waals surface area contributed by atoms with Gasteiger partial charge in [0, 0.05) is 25.1 Å². The highest BCUT2D eigenvalue weighted by molar-refractivity contribution is 6.36. The van der Waals surface area contributed by atoms with Gasteiger partial charge >= 0.3 is 0 Å². The monoisotopic (exact) mass is 283 g/mol. The van der Waals surface area contributed by atoms with Crippen molar-refractivity contribution < 1.29 is 4.79 Å². The summed E-state index contributed by atoms with van der Waals surface area (Å²) in [5, 5.41) is 0.631. The minimum atomic E-state index is -0.296. The summed E-state index contributed by atoms with van der Waals surface area (Å²) in [7, 11) is 0. The van der Waals surface area contributed by atoms with Crippen LogP contribution < -0.4 is 0 Å². The molecular formula is C12H11Cl2N3O. The van der Waals surface area contributed by atoms with Gasteiger partial charge in [0.1, 0.15) is 5.69 Å². The minimum absolute atomic E-state index is 0.171. The topological polar surface area (TPSA) is 47.8 Å². The van der Waals surface area contributed by atoms with Crippen LogP contribution in [-0.4, -0.2) is 20.3 Å². The van der Waals surface area contributed by atoms with E-state index in [4.69, 9.17) is 23.2 Å². The molecule has 0 unspecified atom stereocenters. The van der Waals surface area contributed by atoms with Crippen molar-refractivity contribution in [1.82, 2.24) is 14.5 Å². The van der Waals surface area contributed by atoms with E-state index in [0.29, 0.717) is 10.8 Å². The molecule has 0 fully saturated rings. The summed E-state index contributed by atoms with van der Waals surface area (Å²) in [5.41, 5.74) is 0.171. The fourth-order valence-corrected chi connectivity index (χ4v) is 2.09. The quantitative estimate of drug-likeness (QED) is 0.810. The molecule has 0 radical (unpaired) electrons. The molecule has 0 aliphatic heterocycles. The third-order valence-electron chi connectivity index (χ3n) is 2.41. The van der Waals surface area contributed by atoms with Gasteiger partial charge in [-0.05, 0) is 12.5 Å². The van der Waals surface area contributed by atoms with Gasteiger partial charge in [0.25, 0.3) is 0 Å². The molecule has 0 spiro atoms. The standard InChI is InChI=1S/C12H11Cl2N3O/c1-2-4-17-5-3-15-12(17)11(18)10-9(14)6-8(13)7-16-10/h3,5-7H,2,4H2,1H3. The number of carbonyl (C=O) groups is 1. The van der Waals surface area contributed by atoms with Crippen LogP contribution in [-0.2, 0) is 6.54 Å². The maximum absolute atomic E-state index is 12.3. The maximum atomic E-state index is 12.3. The Labute approximate surface area is 115 Å². The third-order valence-corrected chi connectivity index (χ3v) is 2.90. The average molecular weight is 284 g/mol. The summed E-state index contributed by atoms with van der Waals surface area (Å²) < 4.78 is 1.79. The van der Waals surface area contributed by atoms with Crippen molar-refractivity contribution in [2.24, 2.45) is 0 Å². The molecule has 0 bridgehead atoms. The predicted octanol–water partition coefficient (Wildman–Crippen LogP) is 3.23. The van der Waals surface area contributed by atoms with Gasteiger partial charge in [0.2, 0.25) is 5.78 Å². The number of halogens is 2. The second-order valence-electron chi connectivity index (χ2n) is 3.76. The highest BCUT2D eigenvalue weighted by atomic mass is 35.5. The second kappa shape index (κ2) is 5.50. The summed E-state index contributed by atoms with van der Waals surface area (Å²) in [6.45, 7) is 2.76. The van der Waals surface area contributed by atoms with Gasteiger partial charge < -0.3 is 4.57 Å². The summed E-state index contributed by atoms with van der Waals surface area (Å²) >= 11 is 11.7. The van der Waals surface area contributed by atoms with Crippen molar-refractivity contribution in [3.8, 4) is 0 Å². The molecule has 2 aromatic rings. The molecule has 0 aliphatic carbocycles. The van der Waals surface area contributed by atoms with Crippen LogP contribution in [0.15, 0.2) is 24.7 Å². The molecule has 2 heterocycles. The van der Waals surface area contributed by atoms with Gasteiger partial charge in [0.05, 0.1) is 10.0 Å². The van der Waals surface area contributed by atoms with Gasteiger partial charge in [-0.15, -0.1) is 0 Å². The molecule has 0 aromatic carbocycles. The lowest BCUT2D eigenvalue weighted by Crippen LogP contribution is -2.13. The second-order valence-corrected chi connectivity index (χ2v) is 4.60. The zero-order valence-electron chi connectivity index (χ0n) is 9.73. The van der Waals surface area contributed by atoms with E-state index in [1.807, 2.05) is 6.92 Å². The summed E-state index contributed by atoms with van der Waals surface area (Å²) in [5.74, 6) is 0.0451. The minimum Gasteiger partial charge on any atom is -0.328 e. The Hall–Kier alpha value is -1.39. The first kappa shape index (κ1) is 13.1. The Kier molecular flexibility index (Phi) is 3.99. The number of pyridine rings is 1. The summed E-state index contributed by atoms with van der Waals surface area (Å²) in [6.07, 6.45) is 5.67. The number of nitrogens with zero attached hydrogens (tertiary/aromatic N) is 3. The molecule has 4 nitrogen and oxygen atoms in total. The van der Waals surface area contributed by atoms with Crippen LogP contribution in [0.1, 0.15) is 29.7 Å². The van der Waals surface area contributed by atoms with Gasteiger partial charge in [0.15, 0.2) is 5.82 Å². The molecule has 0 amide bonds. The molecule has 0 N–H and O–H groups in total. The first-order valence-electron chi connectivity index (χ1n) is 5.50. The van der Waals surface area contributed by atoms with E-state index in [-0.39, 0.29) is 16.5 Å². The first-order valence-corrected chi connectivity index (χ1v) is 6.26. The van der Waals surface area contributed by atoms with Crippen LogP contribution >= 0.6 is 23.2 Å². The normalized spacial score (nSPS) is 10.6. The van der Waals surface area contributed by atoms with E-state index in [9.17, 15) is 4.79 Å². The Morgan fingerprint density at radius 2 is 2.17 bits per heavy atom. The smallest absolute Gasteiger partial charge is 0.248 e. The zero-order valence-corrected chi connectivity index (χ0v) is 11.2. The number of aryl methyl sites for hydroxylation is 1. The van der Waals surface area contributed by atoms with Crippen LogP contribution in [0.25, 0.3) is 0 Å².